The van der Waals surface area contributed by atoms with Gasteiger partial charge in [-0.25, -0.2) is 21.2 Å². The van der Waals surface area contributed by atoms with Crippen LogP contribution < -0.4 is 9.46 Å². The van der Waals surface area contributed by atoms with Crippen LogP contribution in [-0.2, 0) is 20.0 Å². The van der Waals surface area contributed by atoms with Crippen molar-refractivity contribution < 1.29 is 26.0 Å². The van der Waals surface area contributed by atoms with Crippen LogP contribution in [0.4, 0.5) is 10.1 Å². The number of halogens is 1. The SMILES string of the molecule is COc1ccc(F)cc1S(=O)(=O)Nc1cccc(S(=O)(=O)N2C[C@]3(C)C[C@@H]2CC(C)(C)C3)c1. The fourth-order valence-corrected chi connectivity index (χ4v) is 8.67. The number of ether oxygens (including phenoxy) is 1. The van der Waals surface area contributed by atoms with E-state index in [-0.39, 0.29) is 38.1 Å². The van der Waals surface area contributed by atoms with Crippen molar-refractivity contribution in [1.82, 2.24) is 4.31 Å². The molecule has 1 N–H and O–H groups in total. The minimum atomic E-state index is -4.22. The molecule has 2 atom stereocenters. The Hall–Kier alpha value is -2.17. The van der Waals surface area contributed by atoms with Gasteiger partial charge in [0.1, 0.15) is 16.5 Å². The Morgan fingerprint density at radius 2 is 1.79 bits per heavy atom. The summed E-state index contributed by atoms with van der Waals surface area (Å²) in [6.45, 7) is 6.92. The van der Waals surface area contributed by atoms with Gasteiger partial charge in [-0.1, -0.05) is 26.8 Å². The smallest absolute Gasteiger partial charge is 0.265 e. The van der Waals surface area contributed by atoms with Crippen LogP contribution in [0, 0.1) is 16.6 Å². The van der Waals surface area contributed by atoms with Gasteiger partial charge >= 0.3 is 0 Å². The molecule has 1 aliphatic heterocycles. The van der Waals surface area contributed by atoms with Crippen molar-refractivity contribution in [3.05, 3.63) is 48.3 Å². The lowest BCUT2D eigenvalue weighted by atomic mass is 9.65. The first-order valence-electron chi connectivity index (χ1n) is 10.7. The number of hydrogen-bond acceptors (Lipinski definition) is 5. The number of benzene rings is 2. The van der Waals surface area contributed by atoms with E-state index in [0.717, 1.165) is 31.4 Å². The first-order chi connectivity index (χ1) is 15.2. The summed E-state index contributed by atoms with van der Waals surface area (Å²) < 4.78 is 75.6. The van der Waals surface area contributed by atoms with E-state index in [0.29, 0.717) is 6.54 Å². The monoisotopic (exact) mass is 496 g/mol. The lowest BCUT2D eigenvalue weighted by Crippen LogP contribution is -2.37. The number of sulfonamides is 2. The molecule has 33 heavy (non-hydrogen) atoms. The van der Waals surface area contributed by atoms with E-state index in [1.54, 1.807) is 4.31 Å². The second kappa shape index (κ2) is 7.95. The molecular weight excluding hydrogens is 467 g/mol. The van der Waals surface area contributed by atoms with Gasteiger partial charge in [0.15, 0.2) is 0 Å². The Kier molecular flexibility index (Phi) is 5.78. The molecule has 4 rings (SSSR count). The number of nitrogens with one attached hydrogen (secondary N) is 1. The van der Waals surface area contributed by atoms with Crippen molar-refractivity contribution in [2.24, 2.45) is 10.8 Å². The van der Waals surface area contributed by atoms with Crippen molar-refractivity contribution in [2.75, 3.05) is 18.4 Å². The van der Waals surface area contributed by atoms with Gasteiger partial charge in [0, 0.05) is 12.6 Å². The van der Waals surface area contributed by atoms with E-state index >= 15 is 0 Å². The maximum absolute atomic E-state index is 13.7. The van der Waals surface area contributed by atoms with Crippen molar-refractivity contribution >= 4 is 25.7 Å². The molecule has 2 bridgehead atoms. The Morgan fingerprint density at radius 3 is 2.48 bits per heavy atom. The molecule has 0 unspecified atom stereocenters. The third-order valence-electron chi connectivity index (χ3n) is 6.47. The molecule has 10 heteroatoms. The predicted molar refractivity (Wildman–Crippen MR) is 124 cm³/mol. The molecular formula is C23H29FN2O5S2. The average Bonchev–Trinajstić information content (AvgIpc) is 2.97. The van der Waals surface area contributed by atoms with Crippen LogP contribution in [0.2, 0.25) is 0 Å². The summed E-state index contributed by atoms with van der Waals surface area (Å²) in [6.07, 6.45) is 2.56. The van der Waals surface area contributed by atoms with E-state index in [2.05, 4.69) is 25.5 Å². The molecule has 180 valence electrons. The topological polar surface area (TPSA) is 92.8 Å². The molecule has 1 aliphatic carbocycles. The minimum absolute atomic E-state index is 0.0165. The molecule has 1 heterocycles. The Morgan fingerprint density at radius 1 is 1.06 bits per heavy atom. The molecule has 2 aromatic rings. The van der Waals surface area contributed by atoms with Crippen LogP contribution in [-0.4, -0.2) is 40.8 Å². The molecule has 0 aromatic heterocycles. The molecule has 0 spiro atoms. The Bertz CT molecular complexity index is 1290. The summed E-state index contributed by atoms with van der Waals surface area (Å²) in [5, 5.41) is 0. The second-order valence-corrected chi connectivity index (χ2v) is 13.7. The second-order valence-electron chi connectivity index (χ2n) is 10.2. The highest BCUT2D eigenvalue weighted by molar-refractivity contribution is 7.92. The van der Waals surface area contributed by atoms with E-state index in [9.17, 15) is 21.2 Å². The van der Waals surface area contributed by atoms with E-state index in [4.69, 9.17) is 4.74 Å². The van der Waals surface area contributed by atoms with E-state index in [1.165, 1.54) is 37.4 Å². The first-order valence-corrected chi connectivity index (χ1v) is 13.7. The number of fused-ring (bicyclic) bond motifs is 2. The van der Waals surface area contributed by atoms with Gasteiger partial charge in [0.05, 0.1) is 17.7 Å². The number of methoxy groups -OCH3 is 1. The number of anilines is 1. The zero-order valence-corrected chi connectivity index (χ0v) is 20.8. The molecule has 0 amide bonds. The lowest BCUT2D eigenvalue weighted by molar-refractivity contribution is 0.133. The zero-order chi connectivity index (χ0) is 24.2. The third kappa shape index (κ3) is 4.61. The fourth-order valence-electron chi connectivity index (χ4n) is 5.62. The molecule has 1 saturated carbocycles. The predicted octanol–water partition coefficient (Wildman–Crippen LogP) is 4.22. The maximum atomic E-state index is 13.7. The van der Waals surface area contributed by atoms with Crippen LogP contribution in [0.1, 0.15) is 40.0 Å². The number of rotatable bonds is 6. The summed E-state index contributed by atoms with van der Waals surface area (Å²) in [6, 6.07) is 8.79. The van der Waals surface area contributed by atoms with Gasteiger partial charge in [0.2, 0.25) is 10.0 Å². The van der Waals surface area contributed by atoms with Crippen molar-refractivity contribution in [3.63, 3.8) is 0 Å². The number of hydrogen-bond donors (Lipinski definition) is 1. The van der Waals surface area contributed by atoms with Gasteiger partial charge < -0.3 is 4.74 Å². The fraction of sp³-hybridized carbons (Fsp3) is 0.478. The highest BCUT2D eigenvalue weighted by Gasteiger charge is 2.53. The van der Waals surface area contributed by atoms with Gasteiger partial charge in [-0.05, 0) is 66.5 Å². The van der Waals surface area contributed by atoms with Crippen LogP contribution in [0.15, 0.2) is 52.3 Å². The van der Waals surface area contributed by atoms with Crippen molar-refractivity contribution in [1.29, 1.82) is 0 Å². The van der Waals surface area contributed by atoms with Crippen LogP contribution in [0.3, 0.4) is 0 Å². The number of nitrogens with zero attached hydrogens (tertiary/aromatic N) is 1. The average molecular weight is 497 g/mol. The Balaban J connectivity index is 1.64. The summed E-state index contributed by atoms with van der Waals surface area (Å²) in [5.41, 5.74) is 0.0480. The Labute approximate surface area is 195 Å². The van der Waals surface area contributed by atoms with Crippen molar-refractivity contribution in [2.45, 2.75) is 55.9 Å². The van der Waals surface area contributed by atoms with Crippen LogP contribution in [0.25, 0.3) is 0 Å². The molecule has 0 radical (unpaired) electrons. The quantitative estimate of drug-likeness (QED) is 0.646. The zero-order valence-electron chi connectivity index (χ0n) is 19.1. The molecule has 7 nitrogen and oxygen atoms in total. The van der Waals surface area contributed by atoms with Crippen LogP contribution >= 0.6 is 0 Å². The van der Waals surface area contributed by atoms with Gasteiger partial charge in [-0.15, -0.1) is 0 Å². The molecule has 2 fully saturated rings. The van der Waals surface area contributed by atoms with Gasteiger partial charge in [-0.3, -0.25) is 4.72 Å². The maximum Gasteiger partial charge on any atom is 0.265 e. The third-order valence-corrected chi connectivity index (χ3v) is 9.77. The standard InChI is InChI=1S/C23H29FN2O5S2/c1-22(2)12-18-13-23(3,14-22)15-26(18)33(29,30)19-7-5-6-17(11-19)25-32(27,28)21-10-16(24)8-9-20(21)31-4/h5-11,18,25H,12-15H2,1-4H3/t18-,23+/m0/s1. The van der Waals surface area contributed by atoms with Gasteiger partial charge in [-0.2, -0.15) is 4.31 Å². The first kappa shape index (κ1) is 24.0. The molecule has 2 aromatic carbocycles. The molecule has 2 aliphatic rings. The van der Waals surface area contributed by atoms with E-state index in [1.807, 2.05) is 0 Å². The molecule has 1 saturated heterocycles. The highest BCUT2D eigenvalue weighted by Crippen LogP contribution is 2.53. The summed E-state index contributed by atoms with van der Waals surface area (Å²) in [4.78, 5) is -0.357. The van der Waals surface area contributed by atoms with E-state index < -0.39 is 25.9 Å². The van der Waals surface area contributed by atoms with Gasteiger partial charge in [0.25, 0.3) is 10.0 Å². The lowest BCUT2D eigenvalue weighted by Gasteiger charge is -2.39. The summed E-state index contributed by atoms with van der Waals surface area (Å²) >= 11 is 0. The summed E-state index contributed by atoms with van der Waals surface area (Å²) in [7, 11) is -6.77. The summed E-state index contributed by atoms with van der Waals surface area (Å²) in [5.74, 6) is -0.753. The normalized spacial score (nSPS) is 25.1. The minimum Gasteiger partial charge on any atom is -0.495 e. The highest BCUT2D eigenvalue weighted by atomic mass is 32.2. The largest absolute Gasteiger partial charge is 0.495 e. The van der Waals surface area contributed by atoms with Crippen LogP contribution in [0.5, 0.6) is 5.75 Å². The van der Waals surface area contributed by atoms with Crippen molar-refractivity contribution in [3.8, 4) is 5.75 Å².